The Bertz CT molecular complexity index is 554. The summed E-state index contributed by atoms with van der Waals surface area (Å²) in [4.78, 5) is 3.83. The van der Waals surface area contributed by atoms with Gasteiger partial charge in [0.1, 0.15) is 5.82 Å². The first-order chi connectivity index (χ1) is 9.76. The van der Waals surface area contributed by atoms with E-state index in [4.69, 9.17) is 0 Å². The van der Waals surface area contributed by atoms with E-state index in [0.29, 0.717) is 5.56 Å². The van der Waals surface area contributed by atoms with Crippen LogP contribution >= 0.6 is 0 Å². The largest absolute Gasteiger partial charge is 0.306 e. The maximum Gasteiger partial charge on any atom is 0.146 e. The highest BCUT2D eigenvalue weighted by Gasteiger charge is 2.17. The minimum Gasteiger partial charge on any atom is -0.306 e. The lowest BCUT2D eigenvalue weighted by atomic mass is 9.97. The summed E-state index contributed by atoms with van der Waals surface area (Å²) in [6.07, 6.45) is 4.91. The van der Waals surface area contributed by atoms with Gasteiger partial charge in [-0.25, -0.2) is 4.39 Å². The van der Waals surface area contributed by atoms with Crippen LogP contribution in [-0.4, -0.2) is 11.5 Å². The lowest BCUT2D eigenvalue weighted by Crippen LogP contribution is -2.24. The Morgan fingerprint density at radius 1 is 1.25 bits per heavy atom. The molecule has 0 aliphatic carbocycles. The van der Waals surface area contributed by atoms with Crippen LogP contribution in [0, 0.1) is 5.82 Å². The molecule has 1 aromatic heterocycles. The fourth-order valence-electron chi connectivity index (χ4n) is 2.31. The smallest absolute Gasteiger partial charge is 0.146 e. The van der Waals surface area contributed by atoms with E-state index in [2.05, 4.69) is 36.3 Å². The van der Waals surface area contributed by atoms with E-state index in [1.165, 1.54) is 11.8 Å². The molecule has 20 heavy (non-hydrogen) atoms. The Morgan fingerprint density at radius 3 is 2.80 bits per heavy atom. The fourth-order valence-corrected chi connectivity index (χ4v) is 2.31. The zero-order chi connectivity index (χ0) is 14.4. The Labute approximate surface area is 120 Å². The van der Waals surface area contributed by atoms with Crippen molar-refractivity contribution in [1.82, 2.24) is 10.3 Å². The third-order valence-electron chi connectivity index (χ3n) is 3.41. The summed E-state index contributed by atoms with van der Waals surface area (Å²) in [6, 6.07) is 9.96. The molecule has 0 aliphatic rings. The summed E-state index contributed by atoms with van der Waals surface area (Å²) >= 11 is 0. The molecule has 0 saturated heterocycles. The highest BCUT2D eigenvalue weighted by molar-refractivity contribution is 5.34. The SMILES string of the molecule is CCCNC(c1cccc(CC)c1)c1ccncc1F. The summed E-state index contributed by atoms with van der Waals surface area (Å²) in [5, 5.41) is 3.43. The third-order valence-corrected chi connectivity index (χ3v) is 3.41. The third kappa shape index (κ3) is 3.42. The molecule has 1 unspecified atom stereocenters. The molecule has 0 aliphatic heterocycles. The van der Waals surface area contributed by atoms with Gasteiger partial charge >= 0.3 is 0 Å². The second kappa shape index (κ2) is 7.15. The van der Waals surface area contributed by atoms with Gasteiger partial charge in [-0.05, 0) is 36.6 Å². The lowest BCUT2D eigenvalue weighted by molar-refractivity contribution is 0.543. The van der Waals surface area contributed by atoms with Crippen LogP contribution in [0.1, 0.15) is 43.0 Å². The molecule has 0 radical (unpaired) electrons. The highest BCUT2D eigenvalue weighted by atomic mass is 19.1. The van der Waals surface area contributed by atoms with Gasteiger partial charge in [-0.15, -0.1) is 0 Å². The molecule has 0 bridgehead atoms. The van der Waals surface area contributed by atoms with Crippen molar-refractivity contribution >= 4 is 0 Å². The molecular weight excluding hydrogens is 251 g/mol. The number of benzene rings is 1. The van der Waals surface area contributed by atoms with Crippen LogP contribution in [-0.2, 0) is 6.42 Å². The summed E-state index contributed by atoms with van der Waals surface area (Å²) in [5.41, 5.74) is 3.02. The Kier molecular flexibility index (Phi) is 5.24. The first-order valence-electron chi connectivity index (χ1n) is 7.17. The highest BCUT2D eigenvalue weighted by Crippen LogP contribution is 2.24. The van der Waals surface area contributed by atoms with E-state index < -0.39 is 0 Å². The number of hydrogen-bond acceptors (Lipinski definition) is 2. The second-order valence-corrected chi connectivity index (χ2v) is 4.88. The van der Waals surface area contributed by atoms with E-state index in [1.807, 2.05) is 12.1 Å². The predicted molar refractivity (Wildman–Crippen MR) is 80.2 cm³/mol. The van der Waals surface area contributed by atoms with E-state index in [0.717, 1.165) is 24.9 Å². The van der Waals surface area contributed by atoms with Crippen molar-refractivity contribution in [2.75, 3.05) is 6.54 Å². The number of nitrogens with zero attached hydrogens (tertiary/aromatic N) is 1. The van der Waals surface area contributed by atoms with Crippen molar-refractivity contribution in [2.45, 2.75) is 32.7 Å². The van der Waals surface area contributed by atoms with Crippen molar-refractivity contribution in [3.8, 4) is 0 Å². The monoisotopic (exact) mass is 272 g/mol. The Hall–Kier alpha value is -1.74. The fraction of sp³-hybridized carbons (Fsp3) is 0.353. The number of halogens is 1. The zero-order valence-electron chi connectivity index (χ0n) is 12.1. The maximum atomic E-state index is 14.0. The molecule has 2 rings (SSSR count). The molecule has 2 aromatic rings. The quantitative estimate of drug-likeness (QED) is 0.863. The average Bonchev–Trinajstić information content (AvgIpc) is 2.49. The normalized spacial score (nSPS) is 12.3. The van der Waals surface area contributed by atoms with E-state index >= 15 is 0 Å². The van der Waals surface area contributed by atoms with Gasteiger partial charge in [-0.2, -0.15) is 0 Å². The molecule has 0 fully saturated rings. The molecule has 0 saturated carbocycles. The van der Waals surface area contributed by atoms with Crippen molar-refractivity contribution in [3.05, 3.63) is 65.2 Å². The van der Waals surface area contributed by atoms with Gasteiger partial charge in [0.05, 0.1) is 12.2 Å². The Morgan fingerprint density at radius 2 is 2.10 bits per heavy atom. The molecular formula is C17H21FN2. The minimum atomic E-state index is -0.261. The van der Waals surface area contributed by atoms with Crippen LogP contribution in [0.25, 0.3) is 0 Å². The number of aryl methyl sites for hydroxylation is 1. The molecule has 1 N–H and O–H groups in total. The molecule has 0 spiro atoms. The summed E-state index contributed by atoms with van der Waals surface area (Å²) in [6.45, 7) is 5.08. The molecule has 1 aromatic carbocycles. The first-order valence-corrected chi connectivity index (χ1v) is 7.17. The predicted octanol–water partition coefficient (Wildman–Crippen LogP) is 3.87. The molecule has 1 atom stereocenters. The van der Waals surface area contributed by atoms with Gasteiger partial charge in [0.15, 0.2) is 0 Å². The van der Waals surface area contributed by atoms with Crippen LogP contribution in [0.2, 0.25) is 0 Å². The number of aromatic nitrogens is 1. The number of nitrogens with one attached hydrogen (secondary N) is 1. The first kappa shape index (κ1) is 14.7. The van der Waals surface area contributed by atoms with Crippen LogP contribution < -0.4 is 5.32 Å². The second-order valence-electron chi connectivity index (χ2n) is 4.88. The summed E-state index contributed by atoms with van der Waals surface area (Å²) in [5.74, 6) is -0.261. The molecule has 0 amide bonds. The van der Waals surface area contributed by atoms with Gasteiger partial charge in [-0.3, -0.25) is 4.98 Å². The zero-order valence-corrected chi connectivity index (χ0v) is 12.1. The maximum absolute atomic E-state index is 14.0. The molecule has 2 nitrogen and oxygen atoms in total. The number of rotatable bonds is 6. The standard InChI is InChI=1S/C17H21FN2/c1-3-9-20-17(15-8-10-19-12-16(15)18)14-7-5-6-13(4-2)11-14/h5-8,10-12,17,20H,3-4,9H2,1-2H3. The van der Waals surface area contributed by atoms with E-state index in [9.17, 15) is 4.39 Å². The van der Waals surface area contributed by atoms with Gasteiger partial charge in [0.25, 0.3) is 0 Å². The van der Waals surface area contributed by atoms with Gasteiger partial charge in [0.2, 0.25) is 0 Å². The summed E-state index contributed by atoms with van der Waals surface area (Å²) in [7, 11) is 0. The lowest BCUT2D eigenvalue weighted by Gasteiger charge is -2.20. The van der Waals surface area contributed by atoms with Crippen LogP contribution in [0.4, 0.5) is 4.39 Å². The van der Waals surface area contributed by atoms with Crippen molar-refractivity contribution in [3.63, 3.8) is 0 Å². The van der Waals surface area contributed by atoms with Crippen molar-refractivity contribution in [2.24, 2.45) is 0 Å². The van der Waals surface area contributed by atoms with E-state index in [-0.39, 0.29) is 11.9 Å². The van der Waals surface area contributed by atoms with Gasteiger partial charge in [0, 0.05) is 11.8 Å². The molecule has 3 heteroatoms. The van der Waals surface area contributed by atoms with Crippen molar-refractivity contribution in [1.29, 1.82) is 0 Å². The topological polar surface area (TPSA) is 24.9 Å². The van der Waals surface area contributed by atoms with Crippen LogP contribution in [0.15, 0.2) is 42.7 Å². The molecule has 106 valence electrons. The average molecular weight is 272 g/mol. The van der Waals surface area contributed by atoms with Crippen LogP contribution in [0.3, 0.4) is 0 Å². The Balaban J connectivity index is 2.38. The minimum absolute atomic E-state index is 0.121. The van der Waals surface area contributed by atoms with Gasteiger partial charge < -0.3 is 5.32 Å². The van der Waals surface area contributed by atoms with Gasteiger partial charge in [-0.1, -0.05) is 38.1 Å². The van der Waals surface area contributed by atoms with Crippen molar-refractivity contribution < 1.29 is 4.39 Å². The van der Waals surface area contributed by atoms with E-state index in [1.54, 1.807) is 12.3 Å². The van der Waals surface area contributed by atoms with Crippen LogP contribution in [0.5, 0.6) is 0 Å². The summed E-state index contributed by atoms with van der Waals surface area (Å²) < 4.78 is 14.0. The molecule has 1 heterocycles. The number of pyridine rings is 1. The number of hydrogen-bond donors (Lipinski definition) is 1.